The molecule has 13 heavy (non-hydrogen) atoms. The van der Waals surface area contributed by atoms with Crippen LogP contribution in [0, 0.1) is 0 Å². The molecular formula is C10H13NO2. The summed E-state index contributed by atoms with van der Waals surface area (Å²) in [5.74, 6) is 0.338. The minimum Gasteiger partial charge on any atom is -0.508 e. The maximum atomic E-state index is 9.57. The molecule has 3 nitrogen and oxygen atoms in total. The molecule has 0 amide bonds. The predicted molar refractivity (Wildman–Crippen MR) is 49.7 cm³/mol. The monoisotopic (exact) mass is 179 g/mol. The lowest BCUT2D eigenvalue weighted by Crippen LogP contribution is -2.34. The number of aromatic hydroxyl groups is 1. The number of morpholine rings is 1. The Kier molecular flexibility index (Phi) is 2.47. The Hall–Kier alpha value is -1.06. The number of rotatable bonds is 1. The second-order valence-corrected chi connectivity index (χ2v) is 3.14. The van der Waals surface area contributed by atoms with Crippen molar-refractivity contribution in [2.24, 2.45) is 0 Å². The van der Waals surface area contributed by atoms with Gasteiger partial charge in [-0.05, 0) is 6.07 Å². The van der Waals surface area contributed by atoms with Gasteiger partial charge in [0.1, 0.15) is 5.75 Å². The van der Waals surface area contributed by atoms with Crippen LogP contribution in [0.1, 0.15) is 11.6 Å². The molecule has 1 heterocycles. The van der Waals surface area contributed by atoms with Crippen LogP contribution in [-0.2, 0) is 4.74 Å². The van der Waals surface area contributed by atoms with Crippen LogP contribution in [-0.4, -0.2) is 24.9 Å². The van der Waals surface area contributed by atoms with Crippen molar-refractivity contribution in [1.29, 1.82) is 0 Å². The maximum absolute atomic E-state index is 9.57. The molecule has 1 saturated heterocycles. The van der Waals surface area contributed by atoms with Gasteiger partial charge in [0, 0.05) is 12.1 Å². The summed E-state index contributed by atoms with van der Waals surface area (Å²) in [5, 5.41) is 12.9. The van der Waals surface area contributed by atoms with Gasteiger partial charge in [-0.2, -0.15) is 0 Å². The summed E-state index contributed by atoms with van der Waals surface area (Å²) in [7, 11) is 0. The Labute approximate surface area is 77.3 Å². The molecule has 0 aromatic heterocycles. The number of hydrogen-bond donors (Lipinski definition) is 2. The molecule has 1 aromatic carbocycles. The Bertz CT molecular complexity index is 282. The molecule has 1 aliphatic heterocycles. The van der Waals surface area contributed by atoms with Gasteiger partial charge < -0.3 is 15.2 Å². The Morgan fingerprint density at radius 1 is 1.38 bits per heavy atom. The summed E-state index contributed by atoms with van der Waals surface area (Å²) in [4.78, 5) is 0. The van der Waals surface area contributed by atoms with Crippen LogP contribution in [0.25, 0.3) is 0 Å². The molecule has 70 valence electrons. The predicted octanol–water partition coefficient (Wildman–Crippen LogP) is 1.05. The molecule has 1 aliphatic rings. The minimum absolute atomic E-state index is 0.134. The third-order valence-corrected chi connectivity index (χ3v) is 2.23. The summed E-state index contributed by atoms with van der Waals surface area (Å²) in [6.07, 6.45) is 0. The quantitative estimate of drug-likeness (QED) is 0.677. The standard InChI is InChI=1S/C10H13NO2/c12-10-4-2-1-3-8(10)9-7-13-6-5-11-9/h1-4,9,11-12H,5-7H2. The van der Waals surface area contributed by atoms with Crippen molar-refractivity contribution in [2.45, 2.75) is 6.04 Å². The van der Waals surface area contributed by atoms with E-state index in [1.807, 2.05) is 18.2 Å². The highest BCUT2D eigenvalue weighted by Gasteiger charge is 2.17. The fourth-order valence-corrected chi connectivity index (χ4v) is 1.55. The Morgan fingerprint density at radius 3 is 2.92 bits per heavy atom. The lowest BCUT2D eigenvalue weighted by atomic mass is 10.1. The van der Waals surface area contributed by atoms with Crippen molar-refractivity contribution in [2.75, 3.05) is 19.8 Å². The lowest BCUT2D eigenvalue weighted by Gasteiger charge is -2.24. The van der Waals surface area contributed by atoms with Crippen LogP contribution >= 0.6 is 0 Å². The van der Waals surface area contributed by atoms with Crippen molar-refractivity contribution in [3.8, 4) is 5.75 Å². The van der Waals surface area contributed by atoms with E-state index in [0.717, 1.165) is 18.7 Å². The highest BCUT2D eigenvalue weighted by atomic mass is 16.5. The van der Waals surface area contributed by atoms with Gasteiger partial charge >= 0.3 is 0 Å². The largest absolute Gasteiger partial charge is 0.508 e. The first-order chi connectivity index (χ1) is 6.38. The molecule has 0 saturated carbocycles. The van der Waals surface area contributed by atoms with Crippen molar-refractivity contribution in [3.05, 3.63) is 29.8 Å². The molecule has 1 aromatic rings. The van der Waals surface area contributed by atoms with Crippen LogP contribution in [0.4, 0.5) is 0 Å². The number of benzene rings is 1. The molecule has 1 fully saturated rings. The normalized spacial score (nSPS) is 22.9. The van der Waals surface area contributed by atoms with Crippen LogP contribution in [0.5, 0.6) is 5.75 Å². The van der Waals surface area contributed by atoms with Crippen LogP contribution in [0.2, 0.25) is 0 Å². The lowest BCUT2D eigenvalue weighted by molar-refractivity contribution is 0.0761. The second kappa shape index (κ2) is 3.77. The molecule has 1 unspecified atom stereocenters. The summed E-state index contributed by atoms with van der Waals surface area (Å²) < 4.78 is 5.32. The zero-order chi connectivity index (χ0) is 9.10. The molecule has 2 N–H and O–H groups in total. The van der Waals surface area contributed by atoms with Crippen molar-refractivity contribution >= 4 is 0 Å². The first kappa shape index (κ1) is 8.53. The second-order valence-electron chi connectivity index (χ2n) is 3.14. The number of para-hydroxylation sites is 1. The number of phenolic OH excluding ortho intramolecular Hbond substituents is 1. The topological polar surface area (TPSA) is 41.5 Å². The van der Waals surface area contributed by atoms with Crippen molar-refractivity contribution in [3.63, 3.8) is 0 Å². The van der Waals surface area contributed by atoms with E-state index in [4.69, 9.17) is 4.74 Å². The van der Waals surface area contributed by atoms with E-state index in [1.54, 1.807) is 6.07 Å². The van der Waals surface area contributed by atoms with Gasteiger partial charge in [-0.1, -0.05) is 18.2 Å². The first-order valence-electron chi connectivity index (χ1n) is 4.47. The molecule has 0 radical (unpaired) electrons. The van der Waals surface area contributed by atoms with E-state index in [1.165, 1.54) is 0 Å². The van der Waals surface area contributed by atoms with E-state index >= 15 is 0 Å². The molecule has 0 spiro atoms. The first-order valence-corrected chi connectivity index (χ1v) is 4.47. The fourth-order valence-electron chi connectivity index (χ4n) is 1.55. The summed E-state index contributed by atoms with van der Waals surface area (Å²) in [6, 6.07) is 7.50. The molecule has 3 heteroatoms. The van der Waals surface area contributed by atoms with Gasteiger partial charge in [-0.25, -0.2) is 0 Å². The Morgan fingerprint density at radius 2 is 2.23 bits per heavy atom. The van der Waals surface area contributed by atoms with E-state index in [2.05, 4.69) is 5.32 Å². The third kappa shape index (κ3) is 1.82. The van der Waals surface area contributed by atoms with E-state index < -0.39 is 0 Å². The van der Waals surface area contributed by atoms with Gasteiger partial charge in [0.2, 0.25) is 0 Å². The summed E-state index contributed by atoms with van der Waals surface area (Å²) in [6.45, 7) is 2.24. The van der Waals surface area contributed by atoms with E-state index in [0.29, 0.717) is 12.4 Å². The summed E-state index contributed by atoms with van der Waals surface area (Å²) >= 11 is 0. The maximum Gasteiger partial charge on any atom is 0.120 e. The van der Waals surface area contributed by atoms with Crippen molar-refractivity contribution in [1.82, 2.24) is 5.32 Å². The number of ether oxygens (including phenoxy) is 1. The Balaban J connectivity index is 2.18. The van der Waals surface area contributed by atoms with Gasteiger partial charge in [0.15, 0.2) is 0 Å². The zero-order valence-corrected chi connectivity index (χ0v) is 7.36. The molecule has 0 aliphatic carbocycles. The smallest absolute Gasteiger partial charge is 0.120 e. The fraction of sp³-hybridized carbons (Fsp3) is 0.400. The van der Waals surface area contributed by atoms with Crippen molar-refractivity contribution < 1.29 is 9.84 Å². The highest BCUT2D eigenvalue weighted by Crippen LogP contribution is 2.24. The average Bonchev–Trinajstić information content (AvgIpc) is 2.20. The molecule has 0 bridgehead atoms. The summed E-state index contributed by atoms with van der Waals surface area (Å²) in [5.41, 5.74) is 0.919. The highest BCUT2D eigenvalue weighted by molar-refractivity contribution is 5.34. The molecule has 1 atom stereocenters. The number of hydrogen-bond acceptors (Lipinski definition) is 3. The molecule has 2 rings (SSSR count). The third-order valence-electron chi connectivity index (χ3n) is 2.23. The van der Waals surface area contributed by atoms with Gasteiger partial charge in [0.05, 0.1) is 19.3 Å². The number of nitrogens with one attached hydrogen (secondary N) is 1. The number of phenols is 1. The van der Waals surface area contributed by atoms with Gasteiger partial charge in [0.25, 0.3) is 0 Å². The van der Waals surface area contributed by atoms with E-state index in [9.17, 15) is 5.11 Å². The minimum atomic E-state index is 0.134. The van der Waals surface area contributed by atoms with E-state index in [-0.39, 0.29) is 6.04 Å². The molecular weight excluding hydrogens is 166 g/mol. The van der Waals surface area contributed by atoms with Crippen LogP contribution in [0.3, 0.4) is 0 Å². The van der Waals surface area contributed by atoms with Gasteiger partial charge in [-0.3, -0.25) is 0 Å². The zero-order valence-electron chi connectivity index (χ0n) is 7.36. The van der Waals surface area contributed by atoms with Crippen LogP contribution in [0.15, 0.2) is 24.3 Å². The van der Waals surface area contributed by atoms with Gasteiger partial charge in [-0.15, -0.1) is 0 Å². The average molecular weight is 179 g/mol. The van der Waals surface area contributed by atoms with Crippen LogP contribution < -0.4 is 5.32 Å². The SMILES string of the molecule is Oc1ccccc1C1COCCN1.